The van der Waals surface area contributed by atoms with Gasteiger partial charge in [-0.2, -0.15) is 0 Å². The van der Waals surface area contributed by atoms with Crippen molar-refractivity contribution < 1.29 is 4.79 Å². The predicted molar refractivity (Wildman–Crippen MR) is 103 cm³/mol. The Balaban J connectivity index is 1.78. The van der Waals surface area contributed by atoms with E-state index in [1.165, 1.54) is 38.5 Å². The van der Waals surface area contributed by atoms with Crippen LogP contribution >= 0.6 is 0 Å². The number of nitrogens with two attached hydrogens (primary N) is 1. The van der Waals surface area contributed by atoms with Crippen LogP contribution in [0, 0.1) is 0 Å². The molecule has 0 heterocycles. The Hall–Kier alpha value is -2.29. The second-order valence-corrected chi connectivity index (χ2v) is 6.22. The summed E-state index contributed by atoms with van der Waals surface area (Å²) < 4.78 is 0. The molecule has 0 bridgehead atoms. The molecule has 2 aromatic carbocycles. The molecule has 0 aliphatic rings. The quantitative estimate of drug-likeness (QED) is 0.355. The predicted octanol–water partition coefficient (Wildman–Crippen LogP) is 5.27. The molecule has 2 aromatic rings. The molecule has 128 valence electrons. The third kappa shape index (κ3) is 5.73. The smallest absolute Gasteiger partial charge is 0.193 e. The van der Waals surface area contributed by atoms with E-state index in [-0.39, 0.29) is 5.78 Å². The monoisotopic (exact) mass is 324 g/mol. The van der Waals surface area contributed by atoms with Crippen molar-refractivity contribution in [2.75, 3.05) is 17.6 Å². The third-order valence-corrected chi connectivity index (χ3v) is 4.18. The number of nitrogens with one attached hydrogen (secondary N) is 1. The molecule has 0 aromatic heterocycles. The number of hydrogen-bond acceptors (Lipinski definition) is 3. The van der Waals surface area contributed by atoms with Crippen LogP contribution in [-0.4, -0.2) is 12.3 Å². The summed E-state index contributed by atoms with van der Waals surface area (Å²) in [5.74, 6) is 0.0254. The zero-order valence-electron chi connectivity index (χ0n) is 14.6. The second kappa shape index (κ2) is 9.76. The fourth-order valence-electron chi connectivity index (χ4n) is 2.68. The first-order valence-corrected chi connectivity index (χ1v) is 8.95. The summed E-state index contributed by atoms with van der Waals surface area (Å²) in [6.07, 6.45) is 7.77. The van der Waals surface area contributed by atoms with Crippen molar-refractivity contribution in [2.24, 2.45) is 0 Å². The maximum atomic E-state index is 12.4. The number of hydrogen-bond donors (Lipinski definition) is 2. The standard InChI is InChI=1S/C21H28N2O/c1-2-3-4-5-6-7-16-23-20-14-10-18(11-15-20)21(24)17-8-12-19(22)13-9-17/h8-15,23H,2-7,16,22H2,1H3. The zero-order chi connectivity index (χ0) is 17.2. The number of anilines is 2. The molecular formula is C21H28N2O. The van der Waals surface area contributed by atoms with Crippen LogP contribution in [0.3, 0.4) is 0 Å². The van der Waals surface area contributed by atoms with Gasteiger partial charge in [-0.25, -0.2) is 0 Å². The van der Waals surface area contributed by atoms with Crippen molar-refractivity contribution in [3.63, 3.8) is 0 Å². The van der Waals surface area contributed by atoms with Crippen LogP contribution in [0.5, 0.6) is 0 Å². The number of rotatable bonds is 10. The lowest BCUT2D eigenvalue weighted by Crippen LogP contribution is -2.04. The normalized spacial score (nSPS) is 10.5. The first-order valence-electron chi connectivity index (χ1n) is 8.95. The van der Waals surface area contributed by atoms with Crippen LogP contribution in [0.2, 0.25) is 0 Å². The second-order valence-electron chi connectivity index (χ2n) is 6.22. The first-order chi connectivity index (χ1) is 11.7. The molecule has 3 heteroatoms. The van der Waals surface area contributed by atoms with E-state index in [1.54, 1.807) is 24.3 Å². The number of carbonyl (C=O) groups excluding carboxylic acids is 1. The van der Waals surface area contributed by atoms with Crippen LogP contribution in [0.1, 0.15) is 61.4 Å². The van der Waals surface area contributed by atoms with Gasteiger partial charge in [0.05, 0.1) is 0 Å². The van der Waals surface area contributed by atoms with Gasteiger partial charge in [0.2, 0.25) is 0 Å². The van der Waals surface area contributed by atoms with Gasteiger partial charge in [-0.05, 0) is 55.0 Å². The van der Waals surface area contributed by atoms with Crippen molar-refractivity contribution in [3.8, 4) is 0 Å². The highest BCUT2D eigenvalue weighted by Gasteiger charge is 2.08. The fraction of sp³-hybridized carbons (Fsp3) is 0.381. The van der Waals surface area contributed by atoms with Gasteiger partial charge in [-0.3, -0.25) is 4.79 Å². The van der Waals surface area contributed by atoms with Crippen molar-refractivity contribution in [3.05, 3.63) is 59.7 Å². The van der Waals surface area contributed by atoms with Gasteiger partial charge in [-0.15, -0.1) is 0 Å². The lowest BCUT2D eigenvalue weighted by atomic mass is 10.0. The highest BCUT2D eigenvalue weighted by molar-refractivity contribution is 6.09. The first kappa shape index (κ1) is 18.1. The van der Waals surface area contributed by atoms with E-state index in [0.29, 0.717) is 16.8 Å². The molecule has 0 spiro atoms. The molecule has 0 fully saturated rings. The van der Waals surface area contributed by atoms with Crippen LogP contribution < -0.4 is 11.1 Å². The van der Waals surface area contributed by atoms with Crippen LogP contribution in [-0.2, 0) is 0 Å². The van der Waals surface area contributed by atoms with Gasteiger partial charge in [0.25, 0.3) is 0 Å². The summed E-state index contributed by atoms with van der Waals surface area (Å²) in [6, 6.07) is 14.7. The van der Waals surface area contributed by atoms with Crippen molar-refractivity contribution >= 4 is 17.2 Å². The molecule has 2 rings (SSSR count). The highest BCUT2D eigenvalue weighted by atomic mass is 16.1. The van der Waals surface area contributed by atoms with Gasteiger partial charge in [-0.1, -0.05) is 39.0 Å². The van der Waals surface area contributed by atoms with Gasteiger partial charge in [0, 0.05) is 29.0 Å². The van der Waals surface area contributed by atoms with Crippen molar-refractivity contribution in [1.82, 2.24) is 0 Å². The van der Waals surface area contributed by atoms with E-state index in [0.717, 1.165) is 12.2 Å². The maximum Gasteiger partial charge on any atom is 0.193 e. The minimum absolute atomic E-state index is 0.0254. The van der Waals surface area contributed by atoms with Gasteiger partial charge < -0.3 is 11.1 Å². The number of carbonyl (C=O) groups is 1. The molecule has 0 saturated heterocycles. The summed E-state index contributed by atoms with van der Waals surface area (Å²) in [7, 11) is 0. The Kier molecular flexibility index (Phi) is 7.34. The fourth-order valence-corrected chi connectivity index (χ4v) is 2.68. The largest absolute Gasteiger partial charge is 0.399 e. The maximum absolute atomic E-state index is 12.4. The molecule has 3 nitrogen and oxygen atoms in total. The summed E-state index contributed by atoms with van der Waals surface area (Å²) in [5.41, 5.74) is 8.75. The Morgan fingerprint density at radius 3 is 2.00 bits per heavy atom. The van der Waals surface area contributed by atoms with Gasteiger partial charge in [0.1, 0.15) is 0 Å². The van der Waals surface area contributed by atoms with Crippen LogP contribution in [0.4, 0.5) is 11.4 Å². The van der Waals surface area contributed by atoms with Gasteiger partial charge in [0.15, 0.2) is 5.78 Å². The number of unbranched alkanes of at least 4 members (excludes halogenated alkanes) is 5. The van der Waals surface area contributed by atoms with Crippen molar-refractivity contribution in [2.45, 2.75) is 45.4 Å². The van der Waals surface area contributed by atoms with Crippen LogP contribution in [0.25, 0.3) is 0 Å². The molecule has 0 amide bonds. The summed E-state index contributed by atoms with van der Waals surface area (Å²) in [5, 5.41) is 3.42. The summed E-state index contributed by atoms with van der Waals surface area (Å²) in [4.78, 5) is 12.4. The molecule has 0 atom stereocenters. The highest BCUT2D eigenvalue weighted by Crippen LogP contribution is 2.15. The minimum atomic E-state index is 0.0254. The molecule has 0 saturated carbocycles. The lowest BCUT2D eigenvalue weighted by Gasteiger charge is -2.07. The number of nitrogen functional groups attached to an aromatic ring is 1. The molecule has 3 N–H and O–H groups in total. The Bertz CT molecular complexity index is 617. The molecule has 0 unspecified atom stereocenters. The summed E-state index contributed by atoms with van der Waals surface area (Å²) in [6.45, 7) is 3.22. The molecule has 0 radical (unpaired) electrons. The summed E-state index contributed by atoms with van der Waals surface area (Å²) >= 11 is 0. The zero-order valence-corrected chi connectivity index (χ0v) is 14.6. The van der Waals surface area contributed by atoms with E-state index in [1.807, 2.05) is 24.3 Å². The third-order valence-electron chi connectivity index (χ3n) is 4.18. The Morgan fingerprint density at radius 1 is 0.833 bits per heavy atom. The lowest BCUT2D eigenvalue weighted by molar-refractivity contribution is 0.103. The molecular weight excluding hydrogens is 296 g/mol. The van der Waals surface area contributed by atoms with Crippen LogP contribution in [0.15, 0.2) is 48.5 Å². The van der Waals surface area contributed by atoms with E-state index >= 15 is 0 Å². The number of benzene rings is 2. The SMILES string of the molecule is CCCCCCCCNc1ccc(C(=O)c2ccc(N)cc2)cc1. The van der Waals surface area contributed by atoms with Gasteiger partial charge >= 0.3 is 0 Å². The topological polar surface area (TPSA) is 55.1 Å². The average Bonchev–Trinajstić information content (AvgIpc) is 2.61. The van der Waals surface area contributed by atoms with E-state index in [2.05, 4.69) is 12.2 Å². The van der Waals surface area contributed by atoms with E-state index in [4.69, 9.17) is 5.73 Å². The Morgan fingerprint density at radius 2 is 1.38 bits per heavy atom. The molecule has 24 heavy (non-hydrogen) atoms. The minimum Gasteiger partial charge on any atom is -0.399 e. The van der Waals surface area contributed by atoms with E-state index < -0.39 is 0 Å². The van der Waals surface area contributed by atoms with E-state index in [9.17, 15) is 4.79 Å². The van der Waals surface area contributed by atoms with Crippen molar-refractivity contribution in [1.29, 1.82) is 0 Å². The Labute approximate surface area is 145 Å². The molecule has 0 aliphatic heterocycles. The average molecular weight is 324 g/mol. The molecule has 0 aliphatic carbocycles. The number of ketones is 1.